The molecule has 3 rings (SSSR count). The molecule has 1 saturated carbocycles. The van der Waals surface area contributed by atoms with Gasteiger partial charge in [-0.15, -0.1) is 0 Å². The number of Topliss-reactive ketones (excluding diaryl/α,β-unsaturated/α-hetero) is 1. The minimum atomic E-state index is -0.700. The van der Waals surface area contributed by atoms with E-state index in [1.807, 2.05) is 56.3 Å². The molecule has 48 heavy (non-hydrogen) atoms. The smallest absolute Gasteiger partial charge is 0.306 e. The maximum Gasteiger partial charge on any atom is 0.306 e. The van der Waals surface area contributed by atoms with Gasteiger partial charge in [0.05, 0.1) is 5.57 Å². The molecule has 0 radical (unpaired) electrons. The largest absolute Gasteiger partial charge is 0.461 e. The topological polar surface area (TPSA) is 84.2 Å². The van der Waals surface area contributed by atoms with Gasteiger partial charge in [0.2, 0.25) is 0 Å². The van der Waals surface area contributed by atoms with Gasteiger partial charge in [0.25, 0.3) is 0 Å². The summed E-state index contributed by atoms with van der Waals surface area (Å²) in [4.78, 5) is 39.2. The molecule has 0 saturated heterocycles. The molecule has 0 bridgehead atoms. The van der Waals surface area contributed by atoms with Crippen molar-refractivity contribution in [3.8, 4) is 6.07 Å². The van der Waals surface area contributed by atoms with Crippen LogP contribution in [-0.4, -0.2) is 17.5 Å². The molecule has 2 aliphatic rings. The highest BCUT2D eigenvalue weighted by molar-refractivity contribution is 6.04. The number of benzene rings is 1. The lowest BCUT2D eigenvalue weighted by molar-refractivity contribution is -0.145. The lowest BCUT2D eigenvalue weighted by atomic mass is 9.42. The Hall–Kier alpha value is -3.00. The molecule has 0 unspecified atom stereocenters. The second-order valence-electron chi connectivity index (χ2n) is 17.9. The van der Waals surface area contributed by atoms with E-state index in [0.717, 1.165) is 62.5 Å². The Bertz CT molecular complexity index is 1440. The highest BCUT2D eigenvalue weighted by Crippen LogP contribution is 2.67. The predicted octanol–water partition coefficient (Wildman–Crippen LogP) is 10.9. The number of ketones is 2. The van der Waals surface area contributed by atoms with Crippen LogP contribution >= 0.6 is 0 Å². The fourth-order valence-corrected chi connectivity index (χ4v) is 9.03. The molecule has 0 amide bonds. The van der Waals surface area contributed by atoms with Gasteiger partial charge in [0, 0.05) is 17.3 Å². The average Bonchev–Trinajstić information content (AvgIpc) is 3.01. The third kappa shape index (κ3) is 8.58. The lowest BCUT2D eigenvalue weighted by Gasteiger charge is -2.61. The molecule has 264 valence electrons. The van der Waals surface area contributed by atoms with Crippen molar-refractivity contribution >= 4 is 17.5 Å². The Morgan fingerprint density at radius 1 is 0.958 bits per heavy atom. The van der Waals surface area contributed by atoms with E-state index in [1.54, 1.807) is 6.92 Å². The molecular formula is C43H63NO4. The van der Waals surface area contributed by atoms with Crippen molar-refractivity contribution in [1.82, 2.24) is 0 Å². The summed E-state index contributed by atoms with van der Waals surface area (Å²) in [6.07, 6.45) is 12.8. The molecule has 1 aromatic carbocycles. The second-order valence-corrected chi connectivity index (χ2v) is 17.9. The van der Waals surface area contributed by atoms with Crippen LogP contribution in [0.1, 0.15) is 146 Å². The van der Waals surface area contributed by atoms with E-state index in [4.69, 9.17) is 4.74 Å². The van der Waals surface area contributed by atoms with Crippen molar-refractivity contribution in [2.75, 3.05) is 0 Å². The van der Waals surface area contributed by atoms with Crippen molar-refractivity contribution < 1.29 is 19.1 Å². The van der Waals surface area contributed by atoms with Gasteiger partial charge in [-0.05, 0) is 97.5 Å². The minimum absolute atomic E-state index is 0.00274. The number of esters is 1. The molecular weight excluding hydrogens is 594 g/mol. The molecule has 5 nitrogen and oxygen atoms in total. The number of nitrogens with zero attached hydrogens (tertiary/aromatic N) is 1. The van der Waals surface area contributed by atoms with Crippen molar-refractivity contribution in [2.45, 2.75) is 147 Å². The Labute approximate surface area is 292 Å². The SMILES string of the molecule is CCCC(C)(C)CC[C@](C)(CCC(=O)OCc1ccccc1)CCC(C)(C)[C@]1(C)CC[C@H]2C(C)(C)C(=O)C(C#N)=C[C@]2(C)/C1=C/C(C)=O. The van der Waals surface area contributed by atoms with Gasteiger partial charge in [-0.3, -0.25) is 14.4 Å². The zero-order valence-electron chi connectivity index (χ0n) is 32.0. The fraction of sp³-hybridized carbons (Fsp3) is 0.674. The van der Waals surface area contributed by atoms with Crippen molar-refractivity contribution in [3.05, 3.63) is 59.2 Å². The first-order chi connectivity index (χ1) is 22.2. The van der Waals surface area contributed by atoms with Gasteiger partial charge < -0.3 is 4.74 Å². The van der Waals surface area contributed by atoms with Crippen LogP contribution in [0.5, 0.6) is 0 Å². The Morgan fingerprint density at radius 2 is 1.58 bits per heavy atom. The van der Waals surface area contributed by atoms with Gasteiger partial charge in [0.1, 0.15) is 12.7 Å². The Kier molecular flexibility index (Phi) is 12.2. The first-order valence-corrected chi connectivity index (χ1v) is 18.3. The minimum Gasteiger partial charge on any atom is -0.461 e. The molecule has 0 spiro atoms. The average molecular weight is 658 g/mol. The molecule has 1 fully saturated rings. The fourth-order valence-electron chi connectivity index (χ4n) is 9.03. The van der Waals surface area contributed by atoms with E-state index < -0.39 is 10.8 Å². The van der Waals surface area contributed by atoms with Crippen LogP contribution in [0.25, 0.3) is 0 Å². The summed E-state index contributed by atoms with van der Waals surface area (Å²) in [5.41, 5.74) is 0.573. The maximum atomic E-state index is 13.4. The predicted molar refractivity (Wildman–Crippen MR) is 195 cm³/mol. The Balaban J connectivity index is 1.91. The number of nitriles is 1. The standard InChI is InChI=1S/C43H63NO4/c1-12-20-38(3,4)23-25-41(9,21-19-36(46)48-30-32-16-14-13-15-17-32)26-24-39(5,6)43(11)22-18-34-40(7,8)37(47)33(29-44)28-42(34,10)35(43)27-31(2)45/h13-17,27-28,34H,12,18-26,30H2,1-11H3/b35-27-/t34-,41-,42-,43+/m0/s1. The summed E-state index contributed by atoms with van der Waals surface area (Å²) in [6.45, 7) is 24.2. The number of hydrogen-bond acceptors (Lipinski definition) is 5. The zero-order chi connectivity index (χ0) is 36.2. The normalized spacial score (nSPS) is 26.2. The van der Waals surface area contributed by atoms with Gasteiger partial charge >= 0.3 is 5.97 Å². The molecule has 0 heterocycles. The molecule has 0 aromatic heterocycles. The van der Waals surface area contributed by atoms with Crippen molar-refractivity contribution in [2.24, 2.45) is 38.4 Å². The molecule has 5 heteroatoms. The van der Waals surface area contributed by atoms with Crippen LogP contribution in [0.15, 0.2) is 53.6 Å². The number of allylic oxidation sites excluding steroid dienone is 4. The van der Waals surface area contributed by atoms with E-state index in [2.05, 4.69) is 61.5 Å². The number of rotatable bonds is 15. The quantitative estimate of drug-likeness (QED) is 0.138. The van der Waals surface area contributed by atoms with E-state index >= 15 is 0 Å². The second kappa shape index (κ2) is 14.9. The summed E-state index contributed by atoms with van der Waals surface area (Å²) in [7, 11) is 0. The maximum absolute atomic E-state index is 13.4. The monoisotopic (exact) mass is 657 g/mol. The van der Waals surface area contributed by atoms with Crippen LogP contribution in [-0.2, 0) is 25.7 Å². The highest BCUT2D eigenvalue weighted by atomic mass is 16.5. The van der Waals surface area contributed by atoms with Crippen LogP contribution in [0, 0.1) is 49.7 Å². The third-order valence-corrected chi connectivity index (χ3v) is 12.8. The molecule has 0 aliphatic heterocycles. The first kappa shape index (κ1) is 39.4. The summed E-state index contributed by atoms with van der Waals surface area (Å²) >= 11 is 0. The van der Waals surface area contributed by atoms with Gasteiger partial charge in [0.15, 0.2) is 11.6 Å². The van der Waals surface area contributed by atoms with E-state index in [-0.39, 0.29) is 50.7 Å². The molecule has 1 aromatic rings. The number of hydrogen-bond donors (Lipinski definition) is 0. The number of fused-ring (bicyclic) bond motifs is 1. The molecule has 0 N–H and O–H groups in total. The van der Waals surface area contributed by atoms with Gasteiger partial charge in [-0.1, -0.05) is 118 Å². The summed E-state index contributed by atoms with van der Waals surface area (Å²) < 4.78 is 5.69. The van der Waals surface area contributed by atoms with Gasteiger partial charge in [-0.2, -0.15) is 5.26 Å². The van der Waals surface area contributed by atoms with Crippen molar-refractivity contribution in [1.29, 1.82) is 5.26 Å². The van der Waals surface area contributed by atoms with Crippen LogP contribution in [0.4, 0.5) is 0 Å². The summed E-state index contributed by atoms with van der Waals surface area (Å²) in [6, 6.07) is 12.0. The molecule has 4 atom stereocenters. The Morgan fingerprint density at radius 3 is 2.17 bits per heavy atom. The van der Waals surface area contributed by atoms with Crippen LogP contribution in [0.3, 0.4) is 0 Å². The third-order valence-electron chi connectivity index (χ3n) is 12.8. The highest BCUT2D eigenvalue weighted by Gasteiger charge is 2.61. The van der Waals surface area contributed by atoms with Crippen LogP contribution in [0.2, 0.25) is 0 Å². The summed E-state index contributed by atoms with van der Waals surface area (Å²) in [5.74, 6) is -0.261. The van der Waals surface area contributed by atoms with Crippen molar-refractivity contribution in [3.63, 3.8) is 0 Å². The van der Waals surface area contributed by atoms with E-state index in [9.17, 15) is 19.6 Å². The lowest BCUT2D eigenvalue weighted by Crippen LogP contribution is -2.55. The zero-order valence-corrected chi connectivity index (χ0v) is 32.0. The number of ether oxygens (including phenoxy) is 1. The summed E-state index contributed by atoms with van der Waals surface area (Å²) in [5, 5.41) is 9.99. The van der Waals surface area contributed by atoms with Gasteiger partial charge in [-0.25, -0.2) is 0 Å². The molecule has 2 aliphatic carbocycles. The van der Waals surface area contributed by atoms with E-state index in [1.165, 1.54) is 6.42 Å². The van der Waals surface area contributed by atoms with Crippen LogP contribution < -0.4 is 0 Å². The van der Waals surface area contributed by atoms with E-state index in [0.29, 0.717) is 13.0 Å². The first-order valence-electron chi connectivity index (χ1n) is 18.3. The number of carbonyl (C=O) groups excluding carboxylic acids is 3. The number of carbonyl (C=O) groups is 3.